The van der Waals surface area contributed by atoms with Gasteiger partial charge in [-0.15, -0.1) is 0 Å². The normalized spacial score (nSPS) is 12.0. The third kappa shape index (κ3) is 3.74. The van der Waals surface area contributed by atoms with Gasteiger partial charge in [-0.3, -0.25) is 4.79 Å². The average Bonchev–Trinajstić information content (AvgIpc) is 3.02. The lowest BCUT2D eigenvalue weighted by Crippen LogP contribution is -2.11. The first-order valence-electron chi connectivity index (χ1n) is 9.39. The molecule has 0 saturated carbocycles. The van der Waals surface area contributed by atoms with E-state index in [1.54, 1.807) is 29.9 Å². The van der Waals surface area contributed by atoms with Gasteiger partial charge in [-0.1, -0.05) is 24.3 Å². The fourth-order valence-electron chi connectivity index (χ4n) is 3.84. The lowest BCUT2D eigenvalue weighted by atomic mass is 10.0. The maximum Gasteiger partial charge on any atom is 0.416 e. The third-order valence-electron chi connectivity index (χ3n) is 5.24. The minimum Gasteiger partial charge on any atom is -0.380 e. The lowest BCUT2D eigenvalue weighted by molar-refractivity contribution is -0.137. The molecule has 1 heterocycles. The Labute approximate surface area is 174 Å². The van der Waals surface area contributed by atoms with Crippen molar-refractivity contribution >= 4 is 27.7 Å². The smallest absolute Gasteiger partial charge is 0.380 e. The summed E-state index contributed by atoms with van der Waals surface area (Å²) >= 11 is 0. The van der Waals surface area contributed by atoms with Crippen molar-refractivity contribution in [3.63, 3.8) is 0 Å². The molecule has 8 heteroatoms. The van der Waals surface area contributed by atoms with E-state index in [1.807, 2.05) is 18.2 Å². The van der Waals surface area contributed by atoms with Gasteiger partial charge in [0.05, 0.1) is 24.2 Å². The molecule has 4 rings (SSSR count). The molecule has 0 aliphatic heterocycles. The summed E-state index contributed by atoms with van der Waals surface area (Å²) in [5.41, 5.74) is 7.09. The zero-order chi connectivity index (χ0) is 22.3. The number of primary amides is 1. The van der Waals surface area contributed by atoms with Crippen LogP contribution in [-0.4, -0.2) is 17.6 Å². The topological polar surface area (TPSA) is 57.2 Å². The van der Waals surface area contributed by atoms with E-state index in [-0.39, 0.29) is 12.1 Å². The zero-order valence-corrected chi connectivity index (χ0v) is 16.5. The summed E-state index contributed by atoms with van der Waals surface area (Å²) in [6, 6.07) is 13.1. The molecule has 1 amide bonds. The summed E-state index contributed by atoms with van der Waals surface area (Å²) in [6.45, 7) is 0.317. The van der Waals surface area contributed by atoms with Crippen LogP contribution in [0.3, 0.4) is 0 Å². The van der Waals surface area contributed by atoms with E-state index in [0.29, 0.717) is 34.7 Å². The average molecular weight is 430 g/mol. The molecule has 3 aromatic carbocycles. The summed E-state index contributed by atoms with van der Waals surface area (Å²) in [5.74, 6) is -1.56. The number of carbonyl (C=O) groups excluding carboxylic acids is 1. The van der Waals surface area contributed by atoms with Crippen LogP contribution < -0.4 is 5.73 Å². The van der Waals surface area contributed by atoms with Crippen LogP contribution in [0.1, 0.15) is 27.0 Å². The number of amides is 1. The predicted octanol–water partition coefficient (Wildman–Crippen LogP) is 5.25. The molecule has 0 aliphatic carbocycles. The Balaban J connectivity index is 1.94. The number of benzene rings is 3. The van der Waals surface area contributed by atoms with Crippen LogP contribution in [0.4, 0.5) is 17.6 Å². The van der Waals surface area contributed by atoms with Crippen LogP contribution >= 0.6 is 0 Å². The van der Waals surface area contributed by atoms with Gasteiger partial charge in [-0.25, -0.2) is 4.39 Å². The summed E-state index contributed by atoms with van der Waals surface area (Å²) < 4.78 is 60.2. The standard InChI is InChI=1S/C23H18F4N2O2/c1-31-12-13-5-8-16-20(9-13)29(19-4-2-3-17(21(16)19)22(28)30)11-14-6-7-15(10-18(14)24)23(25,26)27/h2-10H,11-12H2,1H3,(H2,28,30). The van der Waals surface area contributed by atoms with E-state index in [1.165, 1.54) is 0 Å². The van der Waals surface area contributed by atoms with Crippen LogP contribution in [-0.2, 0) is 24.1 Å². The van der Waals surface area contributed by atoms with E-state index in [9.17, 15) is 22.4 Å². The van der Waals surface area contributed by atoms with Gasteiger partial charge < -0.3 is 15.0 Å². The number of carbonyl (C=O) groups is 1. The second-order valence-corrected chi connectivity index (χ2v) is 7.24. The van der Waals surface area contributed by atoms with Gasteiger partial charge in [0, 0.05) is 34.5 Å². The van der Waals surface area contributed by atoms with Crippen molar-refractivity contribution in [3.8, 4) is 0 Å². The summed E-state index contributed by atoms with van der Waals surface area (Å²) in [7, 11) is 1.56. The molecule has 1 aromatic heterocycles. The summed E-state index contributed by atoms with van der Waals surface area (Å²) in [5, 5.41) is 1.35. The highest BCUT2D eigenvalue weighted by atomic mass is 19.4. The second kappa shape index (κ2) is 7.70. The second-order valence-electron chi connectivity index (χ2n) is 7.24. The van der Waals surface area contributed by atoms with E-state index in [0.717, 1.165) is 23.1 Å². The van der Waals surface area contributed by atoms with Crippen molar-refractivity contribution in [1.82, 2.24) is 4.57 Å². The van der Waals surface area contributed by atoms with Gasteiger partial charge in [0.1, 0.15) is 5.82 Å². The van der Waals surface area contributed by atoms with Crippen molar-refractivity contribution in [3.05, 3.63) is 82.7 Å². The molecular formula is C23H18F4N2O2. The Morgan fingerprint density at radius 2 is 1.84 bits per heavy atom. The molecule has 0 unspecified atom stereocenters. The molecule has 4 nitrogen and oxygen atoms in total. The molecule has 0 saturated heterocycles. The summed E-state index contributed by atoms with van der Waals surface area (Å²) in [4.78, 5) is 12.0. The largest absolute Gasteiger partial charge is 0.416 e. The molecule has 0 radical (unpaired) electrons. The van der Waals surface area contributed by atoms with Crippen LogP contribution in [0.2, 0.25) is 0 Å². The molecule has 2 N–H and O–H groups in total. The predicted molar refractivity (Wildman–Crippen MR) is 109 cm³/mol. The van der Waals surface area contributed by atoms with E-state index < -0.39 is 23.5 Å². The Hall–Kier alpha value is -3.39. The van der Waals surface area contributed by atoms with Gasteiger partial charge in [0.25, 0.3) is 0 Å². The number of nitrogens with zero attached hydrogens (tertiary/aromatic N) is 1. The van der Waals surface area contributed by atoms with Crippen LogP contribution in [0, 0.1) is 5.82 Å². The number of hydrogen-bond donors (Lipinski definition) is 1. The molecule has 0 spiro atoms. The van der Waals surface area contributed by atoms with E-state index in [2.05, 4.69) is 0 Å². The van der Waals surface area contributed by atoms with Crippen molar-refractivity contribution in [2.75, 3.05) is 7.11 Å². The SMILES string of the molecule is COCc1ccc2c3c(C(N)=O)cccc3n(Cc3ccc(C(F)(F)F)cc3F)c2c1. The van der Waals surface area contributed by atoms with Crippen LogP contribution in [0.15, 0.2) is 54.6 Å². The summed E-state index contributed by atoms with van der Waals surface area (Å²) in [6.07, 6.45) is -4.63. The maximum atomic E-state index is 14.6. The minimum absolute atomic E-state index is 0.0252. The maximum absolute atomic E-state index is 14.6. The Bertz CT molecular complexity index is 1310. The first-order valence-corrected chi connectivity index (χ1v) is 9.39. The number of rotatable bonds is 5. The highest BCUT2D eigenvalue weighted by Crippen LogP contribution is 2.34. The van der Waals surface area contributed by atoms with Gasteiger partial charge >= 0.3 is 6.18 Å². The molecule has 0 atom stereocenters. The first kappa shape index (κ1) is 20.9. The zero-order valence-electron chi connectivity index (χ0n) is 16.5. The molecule has 0 aliphatic rings. The monoisotopic (exact) mass is 430 g/mol. The number of aromatic nitrogens is 1. The molecule has 160 valence electrons. The molecule has 31 heavy (non-hydrogen) atoms. The third-order valence-corrected chi connectivity index (χ3v) is 5.24. The first-order chi connectivity index (χ1) is 14.7. The molecular weight excluding hydrogens is 412 g/mol. The van der Waals surface area contributed by atoms with E-state index >= 15 is 0 Å². The Morgan fingerprint density at radius 3 is 2.48 bits per heavy atom. The molecule has 4 aromatic rings. The fraction of sp³-hybridized carbons (Fsp3) is 0.174. The number of methoxy groups -OCH3 is 1. The van der Waals surface area contributed by atoms with Crippen LogP contribution in [0.5, 0.6) is 0 Å². The van der Waals surface area contributed by atoms with Gasteiger partial charge in [0.2, 0.25) is 5.91 Å². The lowest BCUT2D eigenvalue weighted by Gasteiger charge is -2.12. The highest BCUT2D eigenvalue weighted by Gasteiger charge is 2.31. The van der Waals surface area contributed by atoms with Gasteiger partial charge in [-0.05, 0) is 35.9 Å². The van der Waals surface area contributed by atoms with Crippen molar-refractivity contribution in [2.24, 2.45) is 5.73 Å². The quantitative estimate of drug-likeness (QED) is 0.440. The fourth-order valence-corrected chi connectivity index (χ4v) is 3.84. The number of nitrogens with two attached hydrogens (primary N) is 1. The molecule has 0 fully saturated rings. The Morgan fingerprint density at radius 1 is 1.06 bits per heavy atom. The Kier molecular flexibility index (Phi) is 5.18. The molecule has 0 bridgehead atoms. The number of fused-ring (bicyclic) bond motifs is 3. The van der Waals surface area contributed by atoms with Crippen molar-refractivity contribution in [2.45, 2.75) is 19.3 Å². The van der Waals surface area contributed by atoms with Gasteiger partial charge in [0.15, 0.2) is 0 Å². The van der Waals surface area contributed by atoms with Crippen molar-refractivity contribution < 1.29 is 27.1 Å². The number of ether oxygens (including phenoxy) is 1. The highest BCUT2D eigenvalue weighted by molar-refractivity contribution is 6.17. The number of alkyl halides is 3. The number of hydrogen-bond acceptors (Lipinski definition) is 2. The van der Waals surface area contributed by atoms with E-state index in [4.69, 9.17) is 10.5 Å². The van der Waals surface area contributed by atoms with Crippen LogP contribution in [0.25, 0.3) is 21.8 Å². The minimum atomic E-state index is -4.63. The van der Waals surface area contributed by atoms with Gasteiger partial charge in [-0.2, -0.15) is 13.2 Å². The van der Waals surface area contributed by atoms with Crippen molar-refractivity contribution in [1.29, 1.82) is 0 Å². The number of halogens is 4.